The van der Waals surface area contributed by atoms with Crippen LogP contribution in [0, 0.1) is 11.8 Å². The summed E-state index contributed by atoms with van der Waals surface area (Å²) >= 11 is 0. The number of rotatable bonds is 1. The second kappa shape index (κ2) is 2.39. The molecule has 0 aromatic heterocycles. The molecule has 2 bridgehead atoms. The fraction of sp³-hybridized carbons (Fsp3) is 0.778. The van der Waals surface area contributed by atoms with Crippen LogP contribution >= 0.6 is 0 Å². The second-order valence-electron chi connectivity index (χ2n) is 3.40. The fourth-order valence-corrected chi connectivity index (χ4v) is 2.15. The zero-order chi connectivity index (χ0) is 6.97. The lowest BCUT2D eigenvalue weighted by Gasteiger charge is -2.36. The van der Waals surface area contributed by atoms with E-state index in [-0.39, 0.29) is 0 Å². The summed E-state index contributed by atoms with van der Waals surface area (Å²) < 4.78 is 5.37. The molecule has 3 aliphatic carbocycles. The molecule has 0 aliphatic heterocycles. The first-order chi connectivity index (χ1) is 4.90. The zero-order valence-corrected chi connectivity index (χ0v) is 6.42. The van der Waals surface area contributed by atoms with Gasteiger partial charge in [-0.3, -0.25) is 0 Å². The summed E-state index contributed by atoms with van der Waals surface area (Å²) in [5, 5.41) is 0. The fourth-order valence-electron chi connectivity index (χ4n) is 2.15. The molecule has 0 spiro atoms. The van der Waals surface area contributed by atoms with Crippen molar-refractivity contribution in [3.05, 3.63) is 12.2 Å². The molecule has 1 nitrogen and oxygen atoms in total. The maximum absolute atomic E-state index is 5.37. The quantitative estimate of drug-likeness (QED) is 0.503. The van der Waals surface area contributed by atoms with E-state index in [0.717, 1.165) is 11.8 Å². The molecule has 1 saturated carbocycles. The number of allylic oxidation sites excluding steroid dienone is 1. The van der Waals surface area contributed by atoms with E-state index in [9.17, 15) is 0 Å². The highest BCUT2D eigenvalue weighted by atomic mass is 16.5. The lowest BCUT2D eigenvalue weighted by Crippen LogP contribution is -2.32. The van der Waals surface area contributed by atoms with Crippen LogP contribution in [0.15, 0.2) is 12.2 Å². The van der Waals surface area contributed by atoms with Crippen LogP contribution in [0.4, 0.5) is 0 Å². The van der Waals surface area contributed by atoms with Crippen molar-refractivity contribution in [2.45, 2.75) is 25.4 Å². The maximum atomic E-state index is 5.37. The largest absolute Gasteiger partial charge is 0.381 e. The van der Waals surface area contributed by atoms with Crippen molar-refractivity contribution in [2.75, 3.05) is 7.11 Å². The molecule has 3 aliphatic rings. The highest BCUT2D eigenvalue weighted by Crippen LogP contribution is 2.37. The SMILES string of the molecule is CO[C@@H]1C[C@H]2C=C[C@@H]1CC2. The van der Waals surface area contributed by atoms with Gasteiger partial charge in [0.05, 0.1) is 6.10 Å². The van der Waals surface area contributed by atoms with E-state index in [4.69, 9.17) is 4.74 Å². The summed E-state index contributed by atoms with van der Waals surface area (Å²) in [5.41, 5.74) is 0. The van der Waals surface area contributed by atoms with Crippen molar-refractivity contribution in [1.29, 1.82) is 0 Å². The van der Waals surface area contributed by atoms with Gasteiger partial charge >= 0.3 is 0 Å². The molecule has 0 heterocycles. The summed E-state index contributed by atoms with van der Waals surface area (Å²) in [6.45, 7) is 0. The van der Waals surface area contributed by atoms with Crippen molar-refractivity contribution >= 4 is 0 Å². The number of fused-ring (bicyclic) bond motifs is 2. The smallest absolute Gasteiger partial charge is 0.0639 e. The molecule has 0 N–H and O–H groups in total. The highest BCUT2D eigenvalue weighted by molar-refractivity contribution is 5.06. The van der Waals surface area contributed by atoms with Gasteiger partial charge in [0.15, 0.2) is 0 Å². The van der Waals surface area contributed by atoms with Crippen molar-refractivity contribution in [1.82, 2.24) is 0 Å². The van der Waals surface area contributed by atoms with Gasteiger partial charge in [0.25, 0.3) is 0 Å². The van der Waals surface area contributed by atoms with Gasteiger partial charge in [-0.2, -0.15) is 0 Å². The van der Waals surface area contributed by atoms with Crippen LogP contribution < -0.4 is 0 Å². The van der Waals surface area contributed by atoms with Crippen LogP contribution in [-0.2, 0) is 4.74 Å². The third-order valence-corrected chi connectivity index (χ3v) is 2.82. The molecule has 0 unspecified atom stereocenters. The molecular formula is C9H14O. The van der Waals surface area contributed by atoms with E-state index >= 15 is 0 Å². The van der Waals surface area contributed by atoms with Crippen molar-refractivity contribution < 1.29 is 4.74 Å². The number of methoxy groups -OCH3 is 1. The predicted molar refractivity (Wildman–Crippen MR) is 40.8 cm³/mol. The summed E-state index contributed by atoms with van der Waals surface area (Å²) in [4.78, 5) is 0. The monoisotopic (exact) mass is 138 g/mol. The minimum Gasteiger partial charge on any atom is -0.381 e. The Labute approximate surface area is 62.1 Å². The number of hydrogen-bond donors (Lipinski definition) is 0. The van der Waals surface area contributed by atoms with Gasteiger partial charge in [0.1, 0.15) is 0 Å². The summed E-state index contributed by atoms with van der Waals surface area (Å²) in [6, 6.07) is 0. The Morgan fingerprint density at radius 2 is 2.20 bits per heavy atom. The number of hydrogen-bond acceptors (Lipinski definition) is 1. The van der Waals surface area contributed by atoms with Gasteiger partial charge in [0.2, 0.25) is 0 Å². The predicted octanol–water partition coefficient (Wildman–Crippen LogP) is 1.99. The van der Waals surface area contributed by atoms with Gasteiger partial charge in [-0.1, -0.05) is 12.2 Å². The Morgan fingerprint density at radius 1 is 1.30 bits per heavy atom. The standard InChI is InChI=1S/C9H14O/c1-10-9-6-7-2-4-8(9)5-3-7/h2,4,7-9H,3,5-6H2,1H3/t7-,8+,9+/m0/s1. The van der Waals surface area contributed by atoms with Crippen molar-refractivity contribution in [2.24, 2.45) is 11.8 Å². The normalized spacial score (nSPS) is 44.3. The summed E-state index contributed by atoms with van der Waals surface area (Å²) in [5.74, 6) is 1.56. The minimum atomic E-state index is 0.531. The highest BCUT2D eigenvalue weighted by Gasteiger charge is 2.31. The van der Waals surface area contributed by atoms with Crippen LogP contribution in [0.25, 0.3) is 0 Å². The zero-order valence-electron chi connectivity index (χ0n) is 6.42. The van der Waals surface area contributed by atoms with Gasteiger partial charge in [0, 0.05) is 13.0 Å². The van der Waals surface area contributed by atoms with Crippen LogP contribution in [0.2, 0.25) is 0 Å². The van der Waals surface area contributed by atoms with Crippen LogP contribution in [0.3, 0.4) is 0 Å². The van der Waals surface area contributed by atoms with Crippen molar-refractivity contribution in [3.8, 4) is 0 Å². The topological polar surface area (TPSA) is 9.23 Å². The molecule has 0 amide bonds. The lowest BCUT2D eigenvalue weighted by atomic mass is 9.74. The Morgan fingerprint density at radius 3 is 2.50 bits per heavy atom. The molecule has 0 radical (unpaired) electrons. The Bertz CT molecular complexity index is 151. The van der Waals surface area contributed by atoms with E-state index in [2.05, 4.69) is 12.2 Å². The average molecular weight is 138 g/mol. The molecule has 0 saturated heterocycles. The molecule has 1 fully saturated rings. The molecule has 1 heteroatoms. The van der Waals surface area contributed by atoms with E-state index in [1.54, 1.807) is 0 Å². The van der Waals surface area contributed by atoms with Gasteiger partial charge in [-0.25, -0.2) is 0 Å². The molecule has 0 aromatic rings. The third kappa shape index (κ3) is 0.891. The molecule has 10 heavy (non-hydrogen) atoms. The molecule has 56 valence electrons. The number of ether oxygens (including phenoxy) is 1. The van der Waals surface area contributed by atoms with E-state index in [1.807, 2.05) is 7.11 Å². The maximum Gasteiger partial charge on any atom is 0.0639 e. The molecular weight excluding hydrogens is 124 g/mol. The van der Waals surface area contributed by atoms with Gasteiger partial charge < -0.3 is 4.74 Å². The minimum absolute atomic E-state index is 0.531. The first kappa shape index (κ1) is 6.41. The Kier molecular flexibility index (Phi) is 1.53. The third-order valence-electron chi connectivity index (χ3n) is 2.82. The van der Waals surface area contributed by atoms with Crippen LogP contribution in [-0.4, -0.2) is 13.2 Å². The van der Waals surface area contributed by atoms with E-state index in [0.29, 0.717) is 6.10 Å². The summed E-state index contributed by atoms with van der Waals surface area (Å²) in [6.07, 6.45) is 9.23. The first-order valence-electron chi connectivity index (χ1n) is 4.11. The Hall–Kier alpha value is -0.300. The molecule has 0 aromatic carbocycles. The lowest BCUT2D eigenvalue weighted by molar-refractivity contribution is 0.0219. The molecule has 3 atom stereocenters. The van der Waals surface area contributed by atoms with Crippen molar-refractivity contribution in [3.63, 3.8) is 0 Å². The molecule has 3 rings (SSSR count). The van der Waals surface area contributed by atoms with E-state index in [1.165, 1.54) is 19.3 Å². The average Bonchev–Trinajstić information content (AvgIpc) is 2.06. The van der Waals surface area contributed by atoms with E-state index < -0.39 is 0 Å². The summed E-state index contributed by atoms with van der Waals surface area (Å²) in [7, 11) is 1.83. The van der Waals surface area contributed by atoms with Crippen LogP contribution in [0.1, 0.15) is 19.3 Å². The second-order valence-corrected chi connectivity index (χ2v) is 3.40. The van der Waals surface area contributed by atoms with Crippen LogP contribution in [0.5, 0.6) is 0 Å². The van der Waals surface area contributed by atoms with Gasteiger partial charge in [-0.05, 0) is 25.2 Å². The Balaban J connectivity index is 2.11. The first-order valence-corrected chi connectivity index (χ1v) is 4.11. The van der Waals surface area contributed by atoms with Gasteiger partial charge in [-0.15, -0.1) is 0 Å².